The van der Waals surface area contributed by atoms with Crippen molar-refractivity contribution in [3.8, 4) is 0 Å². The Kier molecular flexibility index (Phi) is 7.37. The van der Waals surface area contributed by atoms with Crippen molar-refractivity contribution in [2.75, 3.05) is 17.6 Å². The van der Waals surface area contributed by atoms with E-state index < -0.39 is 50.2 Å². The van der Waals surface area contributed by atoms with Crippen molar-refractivity contribution in [3.63, 3.8) is 0 Å². The van der Waals surface area contributed by atoms with Crippen LogP contribution in [-0.4, -0.2) is 59.5 Å². The maximum atomic E-state index is 11.5. The molecule has 12 nitrogen and oxygen atoms in total. The number of thiazole rings is 1. The van der Waals surface area contributed by atoms with Crippen LogP contribution in [0.25, 0.3) is 0 Å². The van der Waals surface area contributed by atoms with Gasteiger partial charge in [-0.1, -0.05) is 0 Å². The van der Waals surface area contributed by atoms with Gasteiger partial charge in [0, 0.05) is 23.8 Å². The molecule has 1 aromatic carbocycles. The van der Waals surface area contributed by atoms with Gasteiger partial charge in [-0.15, -0.1) is 21.6 Å². The van der Waals surface area contributed by atoms with Gasteiger partial charge in [-0.25, -0.2) is 9.78 Å². The minimum Gasteiger partial charge on any atom is -0.478 e. The van der Waals surface area contributed by atoms with Crippen LogP contribution < -0.4 is 5.32 Å². The van der Waals surface area contributed by atoms with E-state index in [9.17, 15) is 31.3 Å². The molecule has 15 heteroatoms. The highest BCUT2D eigenvalue weighted by Crippen LogP contribution is 2.26. The molecule has 0 aliphatic heterocycles. The van der Waals surface area contributed by atoms with Gasteiger partial charge in [-0.3, -0.25) is 9.11 Å². The molecule has 158 valence electrons. The van der Waals surface area contributed by atoms with E-state index in [0.717, 1.165) is 0 Å². The van der Waals surface area contributed by atoms with Gasteiger partial charge in [0.2, 0.25) is 5.13 Å². The molecule has 0 aliphatic rings. The number of benzene rings is 1. The molecule has 0 aliphatic carbocycles. The summed E-state index contributed by atoms with van der Waals surface area (Å²) in [5.74, 6) is -2.17. The van der Waals surface area contributed by atoms with Gasteiger partial charge in [0.15, 0.2) is 0 Å². The lowest BCUT2D eigenvalue weighted by Crippen LogP contribution is -2.31. The quantitative estimate of drug-likeness (QED) is 0.299. The van der Waals surface area contributed by atoms with Crippen molar-refractivity contribution in [3.05, 3.63) is 35.3 Å². The van der Waals surface area contributed by atoms with E-state index >= 15 is 0 Å². The molecule has 0 radical (unpaired) electrons. The average Bonchev–Trinajstić information content (AvgIpc) is 3.11. The van der Waals surface area contributed by atoms with Crippen LogP contribution in [0.5, 0.6) is 0 Å². The predicted octanol–water partition coefficient (Wildman–Crippen LogP) is 2.20. The number of rotatable bonds is 10. The van der Waals surface area contributed by atoms with Crippen LogP contribution in [0.4, 0.5) is 16.5 Å². The molecule has 1 atom stereocenters. The third kappa shape index (κ3) is 7.47. The largest absolute Gasteiger partial charge is 0.478 e. The number of azo groups is 1. The van der Waals surface area contributed by atoms with Crippen LogP contribution in [-0.2, 0) is 20.2 Å². The first kappa shape index (κ1) is 22.8. The second-order valence-corrected chi connectivity index (χ2v) is 9.79. The third-order valence-electron chi connectivity index (χ3n) is 3.54. The van der Waals surface area contributed by atoms with Crippen LogP contribution in [0, 0.1) is 0 Å². The van der Waals surface area contributed by atoms with Crippen LogP contribution in [0.2, 0.25) is 0 Å². The summed E-state index contributed by atoms with van der Waals surface area (Å²) in [5.41, 5.74) is 0.00343. The molecule has 0 saturated carbocycles. The van der Waals surface area contributed by atoms with Crippen molar-refractivity contribution < 1.29 is 35.8 Å². The molecule has 2 aromatic rings. The monoisotopic (exact) mass is 464 g/mol. The maximum absolute atomic E-state index is 11.5. The summed E-state index contributed by atoms with van der Waals surface area (Å²) in [6, 6.07) is 3.93. The summed E-state index contributed by atoms with van der Waals surface area (Å²) in [7, 11) is -9.04. The van der Waals surface area contributed by atoms with Gasteiger partial charge in [0.1, 0.15) is 10.9 Å². The molecule has 1 aromatic heterocycles. The van der Waals surface area contributed by atoms with Gasteiger partial charge < -0.3 is 10.4 Å². The number of carbonyl (C=O) groups is 1. The highest BCUT2D eigenvalue weighted by molar-refractivity contribution is 7.87. The van der Waals surface area contributed by atoms with E-state index in [1.165, 1.54) is 35.7 Å². The fourth-order valence-electron chi connectivity index (χ4n) is 2.13. The number of carboxylic acids is 1. The second-order valence-electron chi connectivity index (χ2n) is 5.64. The minimum absolute atomic E-state index is 0.0379. The topological polar surface area (TPSA) is 196 Å². The Labute approximate surface area is 169 Å². The molecule has 4 N–H and O–H groups in total. The zero-order chi connectivity index (χ0) is 21.7. The van der Waals surface area contributed by atoms with E-state index in [2.05, 4.69) is 20.5 Å². The third-order valence-corrected chi connectivity index (χ3v) is 6.19. The first-order valence-electron chi connectivity index (χ1n) is 7.79. The summed E-state index contributed by atoms with van der Waals surface area (Å²) in [5, 5.41) is 20.1. The van der Waals surface area contributed by atoms with Gasteiger partial charge in [-0.2, -0.15) is 16.8 Å². The summed E-state index contributed by atoms with van der Waals surface area (Å²) < 4.78 is 62.4. The number of hydrogen-bond acceptors (Lipinski definition) is 10. The summed E-state index contributed by atoms with van der Waals surface area (Å²) in [4.78, 5) is 15.4. The molecule has 29 heavy (non-hydrogen) atoms. The number of hydrogen-bond donors (Lipinski definition) is 4. The van der Waals surface area contributed by atoms with Crippen LogP contribution in [0.15, 0.2) is 40.0 Å². The van der Waals surface area contributed by atoms with Gasteiger partial charge in [0.05, 0.1) is 11.3 Å². The second kappa shape index (κ2) is 9.36. The van der Waals surface area contributed by atoms with E-state index in [1.54, 1.807) is 5.38 Å². The van der Waals surface area contributed by atoms with Crippen molar-refractivity contribution >= 4 is 54.0 Å². The van der Waals surface area contributed by atoms with E-state index in [0.29, 0.717) is 5.13 Å². The predicted molar refractivity (Wildman–Crippen MR) is 105 cm³/mol. The molecule has 1 heterocycles. The van der Waals surface area contributed by atoms with Crippen molar-refractivity contribution in [2.24, 2.45) is 10.2 Å². The maximum Gasteiger partial charge on any atom is 0.338 e. The highest BCUT2D eigenvalue weighted by Gasteiger charge is 2.25. The highest BCUT2D eigenvalue weighted by atomic mass is 32.2. The molecular formula is C14H16N4O8S3. The Bertz CT molecular complexity index is 1100. The lowest BCUT2D eigenvalue weighted by Gasteiger charge is -2.15. The first-order chi connectivity index (χ1) is 13.5. The molecule has 0 bridgehead atoms. The standard InChI is InChI=1S/C14H16N4O8S3/c19-13(20)11-7-9(1-2-12(11)17-18-14-15-4-5-27-14)16-8-10(29(24,25)26)3-6-28(21,22)23/h1-2,4-5,7,10,16H,3,6,8H2,(H,19,20)(H,21,22,23)(H,24,25,26). The zero-order valence-corrected chi connectivity index (χ0v) is 17.0. The van der Waals surface area contributed by atoms with Crippen LogP contribution >= 0.6 is 11.3 Å². The summed E-state index contributed by atoms with van der Waals surface area (Å²) in [6.07, 6.45) is 0.953. The number of nitrogens with zero attached hydrogens (tertiary/aromatic N) is 3. The fraction of sp³-hybridized carbons (Fsp3) is 0.286. The Morgan fingerprint density at radius 3 is 2.48 bits per heavy atom. The molecule has 0 fully saturated rings. The van der Waals surface area contributed by atoms with Crippen molar-refractivity contribution in [2.45, 2.75) is 11.7 Å². The smallest absolute Gasteiger partial charge is 0.338 e. The Morgan fingerprint density at radius 1 is 1.21 bits per heavy atom. The van der Waals surface area contributed by atoms with Gasteiger partial charge >= 0.3 is 5.97 Å². The van der Waals surface area contributed by atoms with Crippen LogP contribution in [0.3, 0.4) is 0 Å². The first-order valence-corrected chi connectivity index (χ1v) is 11.8. The lowest BCUT2D eigenvalue weighted by atomic mass is 10.1. The van der Waals surface area contributed by atoms with E-state index in [1.807, 2.05) is 0 Å². The number of aromatic carboxylic acids is 1. The van der Waals surface area contributed by atoms with Gasteiger partial charge in [-0.05, 0) is 24.6 Å². The minimum atomic E-state index is -4.62. The summed E-state index contributed by atoms with van der Waals surface area (Å²) in [6.45, 7) is -0.423. The number of anilines is 1. The molecule has 0 saturated heterocycles. The Hall–Kier alpha value is -2.46. The zero-order valence-electron chi connectivity index (χ0n) is 14.5. The fourth-order valence-corrected chi connectivity index (χ4v) is 4.03. The molecular weight excluding hydrogens is 448 g/mol. The molecule has 0 amide bonds. The normalized spacial score (nSPS) is 13.4. The van der Waals surface area contributed by atoms with E-state index in [-0.39, 0.29) is 16.9 Å². The summed E-state index contributed by atoms with van der Waals surface area (Å²) >= 11 is 1.21. The number of aromatic nitrogens is 1. The Morgan fingerprint density at radius 2 is 1.93 bits per heavy atom. The Balaban J connectivity index is 2.17. The number of nitrogens with one attached hydrogen (secondary N) is 1. The van der Waals surface area contributed by atoms with Crippen molar-refractivity contribution in [1.82, 2.24) is 4.98 Å². The lowest BCUT2D eigenvalue weighted by molar-refractivity contribution is 0.0697. The number of carboxylic acid groups (broad SMARTS) is 1. The van der Waals surface area contributed by atoms with E-state index in [4.69, 9.17) is 4.55 Å². The molecule has 1 unspecified atom stereocenters. The molecule has 2 rings (SSSR count). The SMILES string of the molecule is O=C(O)c1cc(NCC(CCS(=O)(=O)O)S(=O)(=O)O)ccc1N=Nc1nccs1. The van der Waals surface area contributed by atoms with Crippen LogP contribution in [0.1, 0.15) is 16.8 Å². The average molecular weight is 465 g/mol. The van der Waals surface area contributed by atoms with Crippen molar-refractivity contribution in [1.29, 1.82) is 0 Å². The van der Waals surface area contributed by atoms with Gasteiger partial charge in [0.25, 0.3) is 20.2 Å². The molecule has 0 spiro atoms.